The topological polar surface area (TPSA) is 107 Å². The molecule has 2 amide bonds. The molecule has 0 aromatic carbocycles. The van der Waals surface area contributed by atoms with E-state index in [1.807, 2.05) is 13.8 Å². The number of carbonyl (C=O) groups excluding carboxylic acids is 2. The molecule has 0 aliphatic rings. The molecular weight excluding hydrogens is 416 g/mol. The fourth-order valence-corrected chi connectivity index (χ4v) is 2.99. The van der Waals surface area contributed by atoms with Crippen molar-refractivity contribution in [3.8, 4) is 0 Å². The number of aromatic nitrogens is 4. The second kappa shape index (κ2) is 8.21. The van der Waals surface area contributed by atoms with Gasteiger partial charge in [0.15, 0.2) is 5.69 Å². The first-order chi connectivity index (χ1) is 13.0. The van der Waals surface area contributed by atoms with Crippen molar-refractivity contribution in [3.05, 3.63) is 52.4 Å². The van der Waals surface area contributed by atoms with Gasteiger partial charge in [-0.2, -0.15) is 10.2 Å². The van der Waals surface area contributed by atoms with Gasteiger partial charge in [0, 0.05) is 19.3 Å². The molecule has 3 rings (SSSR count). The van der Waals surface area contributed by atoms with Gasteiger partial charge in [-0.05, 0) is 41.9 Å². The molecule has 10 heteroatoms. The van der Waals surface area contributed by atoms with Gasteiger partial charge in [0.1, 0.15) is 11.5 Å². The van der Waals surface area contributed by atoms with Crippen molar-refractivity contribution < 1.29 is 14.0 Å². The summed E-state index contributed by atoms with van der Waals surface area (Å²) < 4.78 is 8.94. The third-order valence-corrected chi connectivity index (χ3v) is 4.44. The molecule has 27 heavy (non-hydrogen) atoms. The Kier molecular flexibility index (Phi) is 5.75. The number of hydrogen-bond acceptors (Lipinski definition) is 5. The highest BCUT2D eigenvalue weighted by Crippen LogP contribution is 2.20. The number of anilines is 1. The Hall–Kier alpha value is -2.88. The minimum Gasteiger partial charge on any atom is -0.467 e. The second-order valence-corrected chi connectivity index (χ2v) is 6.47. The van der Waals surface area contributed by atoms with Crippen molar-refractivity contribution in [1.82, 2.24) is 24.9 Å². The SMILES string of the molecule is CCn1cc(NC(=O)c2c(Br)cnn2CC)c(C(=O)NCc2ccco2)n1. The monoisotopic (exact) mass is 434 g/mol. The average molecular weight is 435 g/mol. The molecule has 0 bridgehead atoms. The summed E-state index contributed by atoms with van der Waals surface area (Å²) in [5, 5.41) is 13.9. The lowest BCUT2D eigenvalue weighted by molar-refractivity contribution is 0.0943. The predicted molar refractivity (Wildman–Crippen MR) is 101 cm³/mol. The Bertz CT molecular complexity index is 944. The van der Waals surface area contributed by atoms with Crippen molar-refractivity contribution in [2.24, 2.45) is 0 Å². The number of nitrogens with zero attached hydrogens (tertiary/aromatic N) is 4. The summed E-state index contributed by atoms with van der Waals surface area (Å²) in [6.07, 6.45) is 4.72. The number of hydrogen-bond donors (Lipinski definition) is 2. The van der Waals surface area contributed by atoms with Crippen LogP contribution in [-0.2, 0) is 19.6 Å². The first-order valence-corrected chi connectivity index (χ1v) is 9.23. The molecule has 0 spiro atoms. The molecule has 3 heterocycles. The number of halogens is 1. The van der Waals surface area contributed by atoms with Crippen LogP contribution >= 0.6 is 15.9 Å². The van der Waals surface area contributed by atoms with Crippen LogP contribution in [0, 0.1) is 0 Å². The van der Waals surface area contributed by atoms with Crippen molar-refractivity contribution in [3.63, 3.8) is 0 Å². The smallest absolute Gasteiger partial charge is 0.275 e. The van der Waals surface area contributed by atoms with Crippen LogP contribution in [-0.4, -0.2) is 31.4 Å². The molecule has 142 valence electrons. The Morgan fingerprint density at radius 3 is 2.74 bits per heavy atom. The van der Waals surface area contributed by atoms with Crippen LogP contribution in [0.1, 0.15) is 40.6 Å². The lowest BCUT2D eigenvalue weighted by Gasteiger charge is -2.07. The third-order valence-electron chi connectivity index (χ3n) is 3.86. The molecule has 2 N–H and O–H groups in total. The van der Waals surface area contributed by atoms with Crippen molar-refractivity contribution in [2.45, 2.75) is 33.5 Å². The average Bonchev–Trinajstić information content (AvgIpc) is 3.39. The standard InChI is InChI=1S/C17H19BrN6O3/c1-3-23-10-13(21-17(26)15-12(18)9-20-24(15)4-2)14(22-23)16(25)19-8-11-6-5-7-27-11/h5-7,9-10H,3-4,8H2,1-2H3,(H,19,25)(H,21,26). The summed E-state index contributed by atoms with van der Waals surface area (Å²) >= 11 is 3.33. The van der Waals surface area contributed by atoms with Crippen LogP contribution in [0.4, 0.5) is 5.69 Å². The summed E-state index contributed by atoms with van der Waals surface area (Å²) in [5.74, 6) is -0.159. The highest BCUT2D eigenvalue weighted by molar-refractivity contribution is 9.10. The van der Waals surface area contributed by atoms with Crippen LogP contribution in [0.3, 0.4) is 0 Å². The largest absolute Gasteiger partial charge is 0.467 e. The molecule has 0 radical (unpaired) electrons. The Morgan fingerprint density at radius 1 is 1.26 bits per heavy atom. The number of furan rings is 1. The molecule has 9 nitrogen and oxygen atoms in total. The van der Waals surface area contributed by atoms with Gasteiger partial charge in [-0.15, -0.1) is 0 Å². The lowest BCUT2D eigenvalue weighted by Crippen LogP contribution is -2.25. The molecule has 0 atom stereocenters. The molecule has 0 fully saturated rings. The molecule has 0 saturated carbocycles. The van der Waals surface area contributed by atoms with E-state index in [-0.39, 0.29) is 18.1 Å². The van der Waals surface area contributed by atoms with Crippen LogP contribution in [0.25, 0.3) is 0 Å². The molecule has 0 unspecified atom stereocenters. The van der Waals surface area contributed by atoms with Gasteiger partial charge in [0.05, 0.1) is 29.2 Å². The highest BCUT2D eigenvalue weighted by Gasteiger charge is 2.22. The predicted octanol–water partition coefficient (Wildman–Crippen LogP) is 2.66. The second-order valence-electron chi connectivity index (χ2n) is 5.62. The minimum atomic E-state index is -0.406. The van der Waals surface area contributed by atoms with E-state index in [2.05, 4.69) is 36.8 Å². The number of nitrogens with one attached hydrogen (secondary N) is 2. The van der Waals surface area contributed by atoms with Crippen LogP contribution in [0.5, 0.6) is 0 Å². The summed E-state index contributed by atoms with van der Waals surface area (Å²) in [4.78, 5) is 25.2. The van der Waals surface area contributed by atoms with Gasteiger partial charge in [-0.3, -0.25) is 19.0 Å². The van der Waals surface area contributed by atoms with Gasteiger partial charge in [-0.1, -0.05) is 0 Å². The van der Waals surface area contributed by atoms with E-state index in [9.17, 15) is 9.59 Å². The summed E-state index contributed by atoms with van der Waals surface area (Å²) in [5.41, 5.74) is 0.841. The number of carbonyl (C=O) groups is 2. The van der Waals surface area contributed by atoms with Crippen molar-refractivity contribution in [1.29, 1.82) is 0 Å². The molecule has 0 aliphatic carbocycles. The van der Waals surface area contributed by atoms with E-state index in [4.69, 9.17) is 4.42 Å². The zero-order chi connectivity index (χ0) is 19.4. The summed E-state index contributed by atoms with van der Waals surface area (Å²) in [6, 6.07) is 3.50. The van der Waals surface area contributed by atoms with E-state index >= 15 is 0 Å². The van der Waals surface area contributed by atoms with E-state index < -0.39 is 5.91 Å². The van der Waals surface area contributed by atoms with E-state index in [1.165, 1.54) is 6.26 Å². The van der Waals surface area contributed by atoms with E-state index in [1.54, 1.807) is 33.9 Å². The molecule has 0 saturated heterocycles. The zero-order valence-electron chi connectivity index (χ0n) is 14.9. The lowest BCUT2D eigenvalue weighted by atomic mass is 10.3. The fraction of sp³-hybridized carbons (Fsp3) is 0.294. The van der Waals surface area contributed by atoms with Gasteiger partial charge in [0.25, 0.3) is 11.8 Å². The molecule has 3 aromatic rings. The minimum absolute atomic E-state index is 0.135. The van der Waals surface area contributed by atoms with Gasteiger partial charge >= 0.3 is 0 Å². The first-order valence-electron chi connectivity index (χ1n) is 8.44. The van der Waals surface area contributed by atoms with E-state index in [0.717, 1.165) is 0 Å². The maximum atomic E-state index is 12.7. The van der Waals surface area contributed by atoms with Gasteiger partial charge < -0.3 is 15.1 Å². The van der Waals surface area contributed by atoms with Crippen LogP contribution in [0.15, 0.2) is 39.7 Å². The summed E-state index contributed by atoms with van der Waals surface area (Å²) in [7, 11) is 0. The Balaban J connectivity index is 1.80. The maximum Gasteiger partial charge on any atom is 0.275 e. The molecule has 3 aromatic heterocycles. The number of amides is 2. The first kappa shape index (κ1) is 18.9. The van der Waals surface area contributed by atoms with Crippen LogP contribution < -0.4 is 10.6 Å². The fourth-order valence-electron chi connectivity index (χ4n) is 2.52. The van der Waals surface area contributed by atoms with Crippen molar-refractivity contribution in [2.75, 3.05) is 5.32 Å². The van der Waals surface area contributed by atoms with Gasteiger partial charge in [0.2, 0.25) is 0 Å². The Labute approximate surface area is 163 Å². The summed E-state index contributed by atoms with van der Waals surface area (Å²) in [6.45, 7) is 5.11. The highest BCUT2D eigenvalue weighted by atomic mass is 79.9. The Morgan fingerprint density at radius 2 is 2.07 bits per heavy atom. The normalized spacial score (nSPS) is 10.8. The van der Waals surface area contributed by atoms with E-state index in [0.29, 0.717) is 34.7 Å². The number of rotatable bonds is 7. The number of aryl methyl sites for hydroxylation is 2. The molecule has 0 aliphatic heterocycles. The molecular formula is C17H19BrN6O3. The quantitative estimate of drug-likeness (QED) is 0.594. The maximum absolute atomic E-state index is 12.7. The van der Waals surface area contributed by atoms with Crippen molar-refractivity contribution >= 4 is 33.4 Å². The van der Waals surface area contributed by atoms with Gasteiger partial charge in [-0.25, -0.2) is 0 Å². The third kappa shape index (κ3) is 4.11. The van der Waals surface area contributed by atoms with Crippen LogP contribution in [0.2, 0.25) is 0 Å². The zero-order valence-corrected chi connectivity index (χ0v) is 16.5.